The van der Waals surface area contributed by atoms with Crippen LogP contribution in [0.4, 0.5) is 0 Å². The summed E-state index contributed by atoms with van der Waals surface area (Å²) in [4.78, 5) is 0. The van der Waals surface area contributed by atoms with Crippen molar-refractivity contribution in [1.29, 1.82) is 0 Å². The summed E-state index contributed by atoms with van der Waals surface area (Å²) in [6.07, 6.45) is 3.53. The summed E-state index contributed by atoms with van der Waals surface area (Å²) < 4.78 is 5.62. The molecule has 3 heteroatoms. The van der Waals surface area contributed by atoms with Crippen LogP contribution in [-0.4, -0.2) is 30.6 Å². The van der Waals surface area contributed by atoms with Crippen LogP contribution in [0.15, 0.2) is 0 Å². The fraction of sp³-hybridized carbons (Fsp3) is 1.00. The Labute approximate surface area is 101 Å². The average Bonchev–Trinajstić information content (AvgIpc) is 2.17. The summed E-state index contributed by atoms with van der Waals surface area (Å²) in [6.45, 7) is 12.3. The highest BCUT2D eigenvalue weighted by Gasteiger charge is 2.17. The van der Waals surface area contributed by atoms with Crippen LogP contribution in [0, 0.1) is 5.41 Å². The topological polar surface area (TPSA) is 41.5 Å². The fourth-order valence-electron chi connectivity index (χ4n) is 1.42. The molecule has 0 aliphatic rings. The normalized spacial score (nSPS) is 13.1. The minimum Gasteiger partial charge on any atom is -0.381 e. The van der Waals surface area contributed by atoms with Gasteiger partial charge in [-0.2, -0.15) is 0 Å². The van der Waals surface area contributed by atoms with E-state index in [2.05, 4.69) is 26.1 Å². The fourth-order valence-corrected chi connectivity index (χ4v) is 1.42. The highest BCUT2D eigenvalue weighted by atomic mass is 16.5. The second-order valence-electron chi connectivity index (χ2n) is 5.89. The number of ether oxygens (including phenoxy) is 1. The van der Waals surface area contributed by atoms with E-state index >= 15 is 0 Å². The molecule has 0 aliphatic carbocycles. The lowest BCUT2D eigenvalue weighted by molar-refractivity contribution is 0.0623. The van der Waals surface area contributed by atoms with Crippen molar-refractivity contribution in [2.75, 3.05) is 19.9 Å². The third kappa shape index (κ3) is 8.08. The Bertz CT molecular complexity index is 179. The first-order valence-corrected chi connectivity index (χ1v) is 6.26. The van der Waals surface area contributed by atoms with Gasteiger partial charge in [0.1, 0.15) is 0 Å². The Morgan fingerprint density at radius 2 is 1.81 bits per heavy atom. The molecule has 0 saturated carbocycles. The molecule has 0 aliphatic heterocycles. The van der Waals surface area contributed by atoms with Gasteiger partial charge in [-0.1, -0.05) is 27.2 Å². The zero-order valence-corrected chi connectivity index (χ0v) is 11.6. The van der Waals surface area contributed by atoms with E-state index in [1.165, 1.54) is 12.8 Å². The highest BCUT2D eigenvalue weighted by molar-refractivity contribution is 4.75. The predicted molar refractivity (Wildman–Crippen MR) is 68.4 cm³/mol. The molecule has 0 aromatic heterocycles. The summed E-state index contributed by atoms with van der Waals surface area (Å²) in [5.41, 5.74) is 0.289. The first-order valence-electron chi connectivity index (χ1n) is 6.26. The van der Waals surface area contributed by atoms with Gasteiger partial charge in [0.2, 0.25) is 0 Å². The third-order valence-electron chi connectivity index (χ3n) is 3.12. The van der Waals surface area contributed by atoms with E-state index in [0.717, 1.165) is 13.0 Å². The summed E-state index contributed by atoms with van der Waals surface area (Å²) in [5, 5.41) is 11.7. The van der Waals surface area contributed by atoms with Crippen LogP contribution in [0.3, 0.4) is 0 Å². The highest BCUT2D eigenvalue weighted by Crippen LogP contribution is 2.25. The van der Waals surface area contributed by atoms with E-state index in [1.807, 2.05) is 13.8 Å². The Morgan fingerprint density at radius 3 is 2.31 bits per heavy atom. The van der Waals surface area contributed by atoms with Crippen LogP contribution in [0.1, 0.15) is 53.9 Å². The quantitative estimate of drug-likeness (QED) is 0.473. The zero-order chi connectivity index (χ0) is 12.7. The average molecular weight is 231 g/mol. The van der Waals surface area contributed by atoms with Gasteiger partial charge in [-0.05, 0) is 32.1 Å². The summed E-state index contributed by atoms with van der Waals surface area (Å²) >= 11 is 0. The van der Waals surface area contributed by atoms with Crippen molar-refractivity contribution in [3.8, 4) is 0 Å². The van der Waals surface area contributed by atoms with Gasteiger partial charge < -0.3 is 9.84 Å². The van der Waals surface area contributed by atoms with Crippen molar-refractivity contribution in [3.05, 3.63) is 0 Å². The predicted octanol–water partition coefficient (Wildman–Crippen LogP) is 2.54. The van der Waals surface area contributed by atoms with Crippen LogP contribution in [0.2, 0.25) is 0 Å². The number of aliphatic hydroxyl groups is 1. The standard InChI is InChI=1S/C13H29NO2/c1-6-12(2,3)8-7-9-16-10-13(4,5)14-11-15/h14-15H,6-11H2,1-5H3. The van der Waals surface area contributed by atoms with Crippen molar-refractivity contribution in [2.45, 2.75) is 59.4 Å². The SMILES string of the molecule is CCC(C)(C)CCCOCC(C)(C)NCO. The maximum absolute atomic E-state index is 8.78. The molecule has 0 aromatic rings. The van der Waals surface area contributed by atoms with Crippen molar-refractivity contribution >= 4 is 0 Å². The molecular weight excluding hydrogens is 202 g/mol. The van der Waals surface area contributed by atoms with Gasteiger partial charge >= 0.3 is 0 Å². The monoisotopic (exact) mass is 231 g/mol. The number of nitrogens with one attached hydrogen (secondary N) is 1. The van der Waals surface area contributed by atoms with Crippen molar-refractivity contribution in [2.24, 2.45) is 5.41 Å². The molecule has 0 spiro atoms. The van der Waals surface area contributed by atoms with Gasteiger partial charge in [0.05, 0.1) is 13.3 Å². The minimum atomic E-state index is -0.144. The van der Waals surface area contributed by atoms with E-state index in [-0.39, 0.29) is 12.3 Å². The molecule has 0 amide bonds. The molecule has 0 fully saturated rings. The molecule has 2 N–H and O–H groups in total. The minimum absolute atomic E-state index is 0.000768. The van der Waals surface area contributed by atoms with Crippen LogP contribution in [0.25, 0.3) is 0 Å². The Hall–Kier alpha value is -0.120. The third-order valence-corrected chi connectivity index (χ3v) is 3.12. The second kappa shape index (κ2) is 7.25. The van der Waals surface area contributed by atoms with Crippen molar-refractivity contribution < 1.29 is 9.84 Å². The van der Waals surface area contributed by atoms with Crippen LogP contribution >= 0.6 is 0 Å². The zero-order valence-electron chi connectivity index (χ0n) is 11.6. The molecular formula is C13H29NO2. The molecule has 0 saturated heterocycles. The molecule has 0 radical (unpaired) electrons. The van der Waals surface area contributed by atoms with E-state index in [0.29, 0.717) is 12.0 Å². The molecule has 0 unspecified atom stereocenters. The van der Waals surface area contributed by atoms with Crippen molar-refractivity contribution in [3.63, 3.8) is 0 Å². The Balaban J connectivity index is 3.54. The summed E-state index contributed by atoms with van der Waals surface area (Å²) in [6, 6.07) is 0. The van der Waals surface area contributed by atoms with E-state index in [4.69, 9.17) is 9.84 Å². The van der Waals surface area contributed by atoms with E-state index in [1.54, 1.807) is 0 Å². The van der Waals surface area contributed by atoms with Gasteiger partial charge in [-0.25, -0.2) is 0 Å². The molecule has 0 aromatic carbocycles. The number of aliphatic hydroxyl groups excluding tert-OH is 1. The molecule has 0 heterocycles. The second-order valence-corrected chi connectivity index (χ2v) is 5.89. The lowest BCUT2D eigenvalue weighted by Gasteiger charge is -2.26. The van der Waals surface area contributed by atoms with Gasteiger partial charge in [-0.15, -0.1) is 0 Å². The van der Waals surface area contributed by atoms with Crippen LogP contribution in [-0.2, 0) is 4.74 Å². The van der Waals surface area contributed by atoms with Crippen LogP contribution < -0.4 is 5.32 Å². The molecule has 0 rings (SSSR count). The first-order chi connectivity index (χ1) is 7.33. The van der Waals surface area contributed by atoms with Crippen LogP contribution in [0.5, 0.6) is 0 Å². The first kappa shape index (κ1) is 15.9. The van der Waals surface area contributed by atoms with E-state index in [9.17, 15) is 0 Å². The Morgan fingerprint density at radius 1 is 1.19 bits per heavy atom. The lowest BCUT2D eigenvalue weighted by Crippen LogP contribution is -2.44. The van der Waals surface area contributed by atoms with Gasteiger partial charge in [-0.3, -0.25) is 5.32 Å². The largest absolute Gasteiger partial charge is 0.381 e. The van der Waals surface area contributed by atoms with Gasteiger partial charge in [0, 0.05) is 12.1 Å². The molecule has 16 heavy (non-hydrogen) atoms. The molecule has 0 bridgehead atoms. The van der Waals surface area contributed by atoms with Crippen molar-refractivity contribution in [1.82, 2.24) is 5.32 Å². The number of hydrogen-bond donors (Lipinski definition) is 2. The molecule has 0 atom stereocenters. The molecule has 3 nitrogen and oxygen atoms in total. The number of hydrogen-bond acceptors (Lipinski definition) is 3. The number of rotatable bonds is 9. The Kier molecular flexibility index (Phi) is 7.20. The van der Waals surface area contributed by atoms with Gasteiger partial charge in [0.15, 0.2) is 0 Å². The summed E-state index contributed by atoms with van der Waals surface area (Å²) in [5.74, 6) is 0. The maximum atomic E-state index is 8.78. The smallest absolute Gasteiger partial charge is 0.0936 e. The molecule has 98 valence electrons. The lowest BCUT2D eigenvalue weighted by atomic mass is 9.85. The van der Waals surface area contributed by atoms with Gasteiger partial charge in [0.25, 0.3) is 0 Å². The maximum Gasteiger partial charge on any atom is 0.0936 e. The van der Waals surface area contributed by atoms with E-state index < -0.39 is 0 Å². The summed E-state index contributed by atoms with van der Waals surface area (Å²) in [7, 11) is 0.